The second-order valence-electron chi connectivity index (χ2n) is 6.90. The van der Waals surface area contributed by atoms with Gasteiger partial charge in [-0.2, -0.15) is 13.9 Å². The van der Waals surface area contributed by atoms with Crippen LogP contribution in [0.4, 0.5) is 17.6 Å². The first kappa shape index (κ1) is 19.4. The number of nitrogens with one attached hydrogen (secondary N) is 2. The zero-order valence-electron chi connectivity index (χ0n) is 15.8. The summed E-state index contributed by atoms with van der Waals surface area (Å²) in [5.41, 5.74) is 2.24. The van der Waals surface area contributed by atoms with E-state index in [4.69, 9.17) is 0 Å². The molecule has 11 heteroatoms. The lowest BCUT2D eigenvalue weighted by Gasteiger charge is -2.19. The highest BCUT2D eigenvalue weighted by molar-refractivity contribution is 5.89. The lowest BCUT2D eigenvalue weighted by Crippen LogP contribution is -2.25. The number of aromatic amines is 1. The smallest absolute Gasteiger partial charge is 0.388 e. The Morgan fingerprint density at radius 1 is 1.10 bits per heavy atom. The van der Waals surface area contributed by atoms with E-state index in [2.05, 4.69) is 35.2 Å². The molecular weight excluding hydrogens is 416 g/mol. The quantitative estimate of drug-likeness (QED) is 0.481. The fourth-order valence-corrected chi connectivity index (χ4v) is 3.58. The fourth-order valence-electron chi connectivity index (χ4n) is 3.58. The highest BCUT2D eigenvalue weighted by atomic mass is 19.3. The number of aromatic nitrogens is 5. The number of pyridine rings is 1. The van der Waals surface area contributed by atoms with Crippen molar-refractivity contribution in [1.29, 1.82) is 0 Å². The van der Waals surface area contributed by atoms with Crippen molar-refractivity contribution in [1.82, 2.24) is 30.5 Å². The van der Waals surface area contributed by atoms with E-state index < -0.39 is 18.2 Å². The van der Waals surface area contributed by atoms with E-state index in [1.54, 1.807) is 0 Å². The second-order valence-corrected chi connectivity index (χ2v) is 6.90. The lowest BCUT2D eigenvalue weighted by molar-refractivity contribution is -0.0528. The number of rotatable bonds is 4. The van der Waals surface area contributed by atoms with Gasteiger partial charge in [0.1, 0.15) is 28.4 Å². The minimum Gasteiger partial charge on any atom is -0.417 e. The number of ether oxygens (including phenoxy) is 1. The number of alkyl halides is 2. The molecular formula is C20H14F4N6O. The number of hydrogen-bond acceptors (Lipinski definition) is 6. The molecule has 0 atom stereocenters. The fraction of sp³-hybridized carbons (Fsp3) is 0.200. The molecule has 3 aromatic heterocycles. The second kappa shape index (κ2) is 7.58. The summed E-state index contributed by atoms with van der Waals surface area (Å²) in [5, 5.41) is 9.96. The van der Waals surface area contributed by atoms with E-state index in [0.717, 1.165) is 0 Å². The first-order valence-electron chi connectivity index (χ1n) is 9.34. The predicted octanol–water partition coefficient (Wildman–Crippen LogP) is 3.61. The molecule has 1 aliphatic rings. The van der Waals surface area contributed by atoms with Gasteiger partial charge in [0.25, 0.3) is 0 Å². The van der Waals surface area contributed by atoms with Gasteiger partial charge in [-0.3, -0.25) is 5.10 Å². The molecule has 1 aliphatic heterocycles. The van der Waals surface area contributed by atoms with Gasteiger partial charge >= 0.3 is 6.61 Å². The van der Waals surface area contributed by atoms with E-state index in [1.807, 2.05) is 0 Å². The van der Waals surface area contributed by atoms with Crippen LogP contribution in [0.2, 0.25) is 0 Å². The summed E-state index contributed by atoms with van der Waals surface area (Å²) >= 11 is 0. The molecule has 4 heterocycles. The van der Waals surface area contributed by atoms with Crippen LogP contribution in [0.25, 0.3) is 33.7 Å². The number of halogens is 4. The maximum absolute atomic E-state index is 15.1. The Labute approximate surface area is 172 Å². The van der Waals surface area contributed by atoms with Gasteiger partial charge in [-0.15, -0.1) is 0 Å². The third-order valence-corrected chi connectivity index (χ3v) is 5.03. The standard InChI is InChI=1S/C20H14F4N6O/c21-12-5-9-3-4-25-7-11(9)16(22)15(12)19-27-8-13-18(28-19)17(30-29-13)10-1-2-14(26-6-10)31-20(23)24/h1-2,5-6,8,20,25H,3-4,7H2,(H,29,30). The summed E-state index contributed by atoms with van der Waals surface area (Å²) in [6.07, 6.45) is 3.21. The van der Waals surface area contributed by atoms with Gasteiger partial charge < -0.3 is 10.1 Å². The van der Waals surface area contributed by atoms with E-state index >= 15 is 4.39 Å². The maximum Gasteiger partial charge on any atom is 0.388 e. The van der Waals surface area contributed by atoms with Crippen LogP contribution in [0.1, 0.15) is 11.1 Å². The third-order valence-electron chi connectivity index (χ3n) is 5.03. The summed E-state index contributed by atoms with van der Waals surface area (Å²) in [4.78, 5) is 12.3. The predicted molar refractivity (Wildman–Crippen MR) is 102 cm³/mol. The molecule has 0 saturated heterocycles. The molecule has 5 rings (SSSR count). The minimum absolute atomic E-state index is 0.121. The van der Waals surface area contributed by atoms with Crippen molar-refractivity contribution in [3.63, 3.8) is 0 Å². The molecule has 0 bridgehead atoms. The summed E-state index contributed by atoms with van der Waals surface area (Å²) < 4.78 is 58.8. The molecule has 0 amide bonds. The van der Waals surface area contributed by atoms with Gasteiger partial charge in [-0.25, -0.2) is 23.7 Å². The largest absolute Gasteiger partial charge is 0.417 e. The van der Waals surface area contributed by atoms with E-state index in [1.165, 1.54) is 30.6 Å². The Bertz CT molecular complexity index is 1280. The van der Waals surface area contributed by atoms with E-state index in [9.17, 15) is 13.2 Å². The summed E-state index contributed by atoms with van der Waals surface area (Å²) in [5.74, 6) is -1.80. The van der Waals surface area contributed by atoms with Crippen molar-refractivity contribution >= 4 is 11.0 Å². The molecule has 0 fully saturated rings. The van der Waals surface area contributed by atoms with Crippen molar-refractivity contribution in [2.24, 2.45) is 0 Å². The normalized spacial score (nSPS) is 13.6. The molecule has 158 valence electrons. The molecule has 4 aromatic rings. The molecule has 0 radical (unpaired) electrons. The van der Waals surface area contributed by atoms with Gasteiger partial charge in [-0.1, -0.05) is 0 Å². The number of nitrogens with zero attached hydrogens (tertiary/aromatic N) is 4. The molecule has 2 N–H and O–H groups in total. The van der Waals surface area contributed by atoms with Crippen molar-refractivity contribution in [3.8, 4) is 28.5 Å². The average Bonchev–Trinajstić information content (AvgIpc) is 3.17. The van der Waals surface area contributed by atoms with Crippen LogP contribution in [-0.2, 0) is 13.0 Å². The molecule has 0 unspecified atom stereocenters. The number of fused-ring (bicyclic) bond motifs is 2. The Morgan fingerprint density at radius 2 is 1.97 bits per heavy atom. The van der Waals surface area contributed by atoms with Crippen LogP contribution in [0.15, 0.2) is 30.6 Å². The first-order chi connectivity index (χ1) is 15.0. The monoisotopic (exact) mass is 430 g/mol. The van der Waals surface area contributed by atoms with Crippen LogP contribution in [0, 0.1) is 11.6 Å². The molecule has 7 nitrogen and oxygen atoms in total. The van der Waals surface area contributed by atoms with Crippen LogP contribution in [0.3, 0.4) is 0 Å². The maximum atomic E-state index is 15.1. The van der Waals surface area contributed by atoms with E-state index in [0.29, 0.717) is 52.9 Å². The first-order valence-corrected chi connectivity index (χ1v) is 9.34. The molecule has 31 heavy (non-hydrogen) atoms. The number of benzene rings is 1. The van der Waals surface area contributed by atoms with Gasteiger partial charge in [0.15, 0.2) is 5.82 Å². The van der Waals surface area contributed by atoms with Gasteiger partial charge in [0, 0.05) is 29.9 Å². The third kappa shape index (κ3) is 3.46. The Kier molecular flexibility index (Phi) is 4.74. The SMILES string of the molecule is Fc1cc2c(c(F)c1-c1ncc3[nH]nc(-c4ccc(OC(F)F)nc4)c3n1)CNCC2. The number of hydrogen-bond donors (Lipinski definition) is 2. The average molecular weight is 430 g/mol. The van der Waals surface area contributed by atoms with Crippen molar-refractivity contribution in [3.05, 3.63) is 53.4 Å². The van der Waals surface area contributed by atoms with E-state index in [-0.39, 0.29) is 17.3 Å². The minimum atomic E-state index is -2.99. The highest BCUT2D eigenvalue weighted by Gasteiger charge is 2.24. The molecule has 0 aliphatic carbocycles. The van der Waals surface area contributed by atoms with Crippen LogP contribution >= 0.6 is 0 Å². The van der Waals surface area contributed by atoms with Crippen molar-refractivity contribution < 1.29 is 22.3 Å². The Morgan fingerprint density at radius 3 is 2.74 bits per heavy atom. The van der Waals surface area contributed by atoms with Crippen molar-refractivity contribution in [2.75, 3.05) is 6.54 Å². The van der Waals surface area contributed by atoms with Crippen LogP contribution in [-0.4, -0.2) is 38.3 Å². The molecule has 0 spiro atoms. The summed E-state index contributed by atoms with van der Waals surface area (Å²) in [7, 11) is 0. The Hall–Kier alpha value is -3.60. The number of H-pyrrole nitrogens is 1. The molecule has 1 aromatic carbocycles. The molecule has 0 saturated carbocycles. The Balaban J connectivity index is 1.59. The van der Waals surface area contributed by atoms with Gasteiger partial charge in [0.2, 0.25) is 5.88 Å². The zero-order chi connectivity index (χ0) is 21.5. The van der Waals surface area contributed by atoms with Gasteiger partial charge in [0.05, 0.1) is 11.8 Å². The van der Waals surface area contributed by atoms with Crippen molar-refractivity contribution in [2.45, 2.75) is 19.6 Å². The summed E-state index contributed by atoms with van der Waals surface area (Å²) in [6, 6.07) is 4.07. The lowest BCUT2D eigenvalue weighted by atomic mass is 9.96. The highest BCUT2D eigenvalue weighted by Crippen LogP contribution is 2.32. The topological polar surface area (TPSA) is 88.6 Å². The zero-order valence-corrected chi connectivity index (χ0v) is 15.8. The van der Waals surface area contributed by atoms with Crippen LogP contribution < -0.4 is 10.1 Å². The summed E-state index contributed by atoms with van der Waals surface area (Å²) in [6.45, 7) is -2.04. The van der Waals surface area contributed by atoms with Gasteiger partial charge in [-0.05, 0) is 30.7 Å². The van der Waals surface area contributed by atoms with Crippen LogP contribution in [0.5, 0.6) is 5.88 Å².